The number of thiocarbonyl (C=S) groups is 1. The Labute approximate surface area is 203 Å². The average molecular weight is 462 g/mol. The van der Waals surface area contributed by atoms with E-state index in [0.717, 1.165) is 27.8 Å². The highest BCUT2D eigenvalue weighted by Crippen LogP contribution is 2.40. The van der Waals surface area contributed by atoms with Crippen LogP contribution in [0.3, 0.4) is 0 Å². The number of nitrogens with one attached hydrogen (secondary N) is 1. The van der Waals surface area contributed by atoms with Crippen molar-refractivity contribution in [3.05, 3.63) is 127 Å². The summed E-state index contributed by atoms with van der Waals surface area (Å²) in [6.45, 7) is 0.686. The zero-order valence-corrected chi connectivity index (χ0v) is 19.3. The molecule has 0 amide bonds. The first-order valence-corrected chi connectivity index (χ1v) is 11.7. The van der Waals surface area contributed by atoms with Gasteiger partial charge in [-0.1, -0.05) is 36.4 Å². The number of pyridine rings is 2. The van der Waals surface area contributed by atoms with Crippen molar-refractivity contribution in [2.24, 2.45) is 0 Å². The SMILES string of the molecule is S=C1N[C@@H](c2ccccn2)[C@@H](c2cccn2-c2ccc3ccccc3c2)N1Cc1ccncc1. The second-order valence-corrected chi connectivity index (χ2v) is 8.83. The standard InChI is InChI=1S/C28H23N5S/c34-28-31-26(24-8-3-4-14-30-24)27(33(28)19-20-12-15-29-16-13-20)25-9-5-17-32(25)23-11-10-21-6-1-2-7-22(21)18-23/h1-18,26-27H,19H2,(H,31,34)/t26-,27+/m0/s1. The molecule has 166 valence electrons. The van der Waals surface area contributed by atoms with Crippen molar-refractivity contribution in [3.63, 3.8) is 0 Å². The summed E-state index contributed by atoms with van der Waals surface area (Å²) in [5.74, 6) is 0. The summed E-state index contributed by atoms with van der Waals surface area (Å²) >= 11 is 5.85. The number of aromatic nitrogens is 3. The average Bonchev–Trinajstić information content (AvgIpc) is 3.49. The minimum absolute atomic E-state index is 0.0305. The van der Waals surface area contributed by atoms with Crippen LogP contribution >= 0.6 is 12.2 Å². The van der Waals surface area contributed by atoms with Crippen molar-refractivity contribution >= 4 is 28.1 Å². The van der Waals surface area contributed by atoms with Crippen molar-refractivity contribution in [3.8, 4) is 5.69 Å². The third-order valence-corrected chi connectivity index (χ3v) is 6.75. The lowest BCUT2D eigenvalue weighted by atomic mass is 10.0. The van der Waals surface area contributed by atoms with Gasteiger partial charge in [-0.3, -0.25) is 9.97 Å². The van der Waals surface area contributed by atoms with Gasteiger partial charge in [0.15, 0.2) is 5.11 Å². The van der Waals surface area contributed by atoms with Crippen LogP contribution in [0.4, 0.5) is 0 Å². The molecular weight excluding hydrogens is 438 g/mol. The molecule has 1 N–H and O–H groups in total. The van der Waals surface area contributed by atoms with Crippen LogP contribution in [0.25, 0.3) is 16.5 Å². The summed E-state index contributed by atoms with van der Waals surface area (Å²) in [4.78, 5) is 11.1. The van der Waals surface area contributed by atoms with Gasteiger partial charge in [0.25, 0.3) is 0 Å². The third-order valence-electron chi connectivity index (χ3n) is 6.39. The largest absolute Gasteiger partial charge is 0.352 e. The molecule has 3 aromatic heterocycles. The van der Waals surface area contributed by atoms with Gasteiger partial charge in [0.05, 0.1) is 17.8 Å². The molecule has 2 aromatic carbocycles. The van der Waals surface area contributed by atoms with Crippen molar-refractivity contribution in [1.82, 2.24) is 24.8 Å². The van der Waals surface area contributed by atoms with Crippen molar-refractivity contribution in [2.45, 2.75) is 18.6 Å². The summed E-state index contributed by atoms with van der Waals surface area (Å²) in [6.07, 6.45) is 7.61. The van der Waals surface area contributed by atoms with Crippen LogP contribution in [0.5, 0.6) is 0 Å². The molecule has 6 rings (SSSR count). The lowest BCUT2D eigenvalue weighted by Crippen LogP contribution is -2.30. The van der Waals surface area contributed by atoms with E-state index in [0.29, 0.717) is 6.54 Å². The Hall–Kier alpha value is -4.03. The maximum atomic E-state index is 5.85. The van der Waals surface area contributed by atoms with Crippen LogP contribution in [0.15, 0.2) is 110 Å². The molecule has 5 nitrogen and oxygen atoms in total. The Balaban J connectivity index is 1.46. The highest BCUT2D eigenvalue weighted by Gasteiger charge is 2.41. The maximum absolute atomic E-state index is 5.85. The van der Waals surface area contributed by atoms with E-state index in [4.69, 9.17) is 12.2 Å². The molecule has 6 heteroatoms. The summed E-state index contributed by atoms with van der Waals surface area (Å²) in [5.41, 5.74) is 4.42. The number of fused-ring (bicyclic) bond motifs is 1. The predicted molar refractivity (Wildman–Crippen MR) is 139 cm³/mol. The fourth-order valence-electron chi connectivity index (χ4n) is 4.78. The van der Waals surface area contributed by atoms with E-state index in [-0.39, 0.29) is 12.1 Å². The number of rotatable bonds is 5. The van der Waals surface area contributed by atoms with E-state index in [1.54, 1.807) is 0 Å². The lowest BCUT2D eigenvalue weighted by molar-refractivity contribution is 0.302. The van der Waals surface area contributed by atoms with Gasteiger partial charge in [-0.15, -0.1) is 0 Å². The second-order valence-electron chi connectivity index (χ2n) is 8.44. The number of hydrogen-bond donors (Lipinski definition) is 1. The minimum atomic E-state index is -0.0651. The van der Waals surface area contributed by atoms with Crippen molar-refractivity contribution < 1.29 is 0 Å². The fraction of sp³-hybridized carbons (Fsp3) is 0.107. The fourth-order valence-corrected chi connectivity index (χ4v) is 5.08. The van der Waals surface area contributed by atoms with E-state index < -0.39 is 0 Å². The first-order valence-electron chi connectivity index (χ1n) is 11.3. The topological polar surface area (TPSA) is 46.0 Å². The molecule has 0 radical (unpaired) electrons. The number of nitrogens with zero attached hydrogens (tertiary/aromatic N) is 4. The normalized spacial score (nSPS) is 17.8. The van der Waals surface area contributed by atoms with Crippen LogP contribution in [0.2, 0.25) is 0 Å². The Morgan fingerprint density at radius 1 is 0.824 bits per heavy atom. The molecule has 5 aromatic rings. The molecule has 1 saturated heterocycles. The molecule has 0 unspecified atom stereocenters. The van der Waals surface area contributed by atoms with Crippen LogP contribution in [0, 0.1) is 0 Å². The van der Waals surface area contributed by atoms with E-state index in [9.17, 15) is 0 Å². The quantitative estimate of drug-likeness (QED) is 0.346. The Kier molecular flexibility index (Phi) is 5.28. The van der Waals surface area contributed by atoms with E-state index in [1.165, 1.54) is 10.8 Å². The van der Waals surface area contributed by atoms with E-state index in [2.05, 4.69) is 91.6 Å². The Morgan fingerprint density at radius 2 is 1.65 bits per heavy atom. The Bertz CT molecular complexity index is 1450. The second kappa shape index (κ2) is 8.72. The van der Waals surface area contributed by atoms with E-state index in [1.807, 2.05) is 42.9 Å². The summed E-state index contributed by atoms with van der Waals surface area (Å²) in [7, 11) is 0. The van der Waals surface area contributed by atoms with Gasteiger partial charge in [-0.25, -0.2) is 0 Å². The lowest BCUT2D eigenvalue weighted by Gasteiger charge is -2.29. The number of hydrogen-bond acceptors (Lipinski definition) is 3. The summed E-state index contributed by atoms with van der Waals surface area (Å²) < 4.78 is 2.27. The van der Waals surface area contributed by atoms with Crippen molar-refractivity contribution in [1.29, 1.82) is 0 Å². The molecule has 0 bridgehead atoms. The molecule has 1 aliphatic rings. The molecule has 0 saturated carbocycles. The summed E-state index contributed by atoms with van der Waals surface area (Å²) in [5, 5.41) is 6.73. The highest BCUT2D eigenvalue weighted by molar-refractivity contribution is 7.80. The molecule has 0 aliphatic carbocycles. The molecular formula is C28H23N5S. The van der Waals surface area contributed by atoms with Gasteiger partial charge >= 0.3 is 0 Å². The first kappa shape index (κ1) is 20.6. The van der Waals surface area contributed by atoms with Gasteiger partial charge in [-0.2, -0.15) is 0 Å². The van der Waals surface area contributed by atoms with Gasteiger partial charge in [-0.05, 0) is 77.1 Å². The monoisotopic (exact) mass is 461 g/mol. The highest BCUT2D eigenvalue weighted by atomic mass is 32.1. The van der Waals surface area contributed by atoms with E-state index >= 15 is 0 Å². The smallest absolute Gasteiger partial charge is 0.170 e. The molecule has 2 atom stereocenters. The van der Waals surface area contributed by atoms with Gasteiger partial charge in [0.2, 0.25) is 0 Å². The van der Waals surface area contributed by atoms with Crippen LogP contribution < -0.4 is 5.32 Å². The molecule has 4 heterocycles. The zero-order valence-electron chi connectivity index (χ0n) is 18.5. The van der Waals surface area contributed by atoms with Crippen LogP contribution in [-0.2, 0) is 6.54 Å². The Morgan fingerprint density at radius 3 is 2.47 bits per heavy atom. The van der Waals surface area contributed by atoms with Gasteiger partial charge < -0.3 is 14.8 Å². The molecule has 1 fully saturated rings. The molecule has 1 aliphatic heterocycles. The van der Waals surface area contributed by atoms with Crippen LogP contribution in [-0.4, -0.2) is 24.5 Å². The van der Waals surface area contributed by atoms with Crippen LogP contribution in [0.1, 0.15) is 29.0 Å². The van der Waals surface area contributed by atoms with Gasteiger partial charge in [0, 0.05) is 42.7 Å². The third kappa shape index (κ3) is 3.72. The van der Waals surface area contributed by atoms with Gasteiger partial charge in [0.1, 0.15) is 0 Å². The maximum Gasteiger partial charge on any atom is 0.170 e. The zero-order chi connectivity index (χ0) is 22.9. The number of benzene rings is 2. The van der Waals surface area contributed by atoms with Crippen molar-refractivity contribution in [2.75, 3.05) is 0 Å². The minimum Gasteiger partial charge on any atom is -0.352 e. The first-order chi connectivity index (χ1) is 16.8. The molecule has 0 spiro atoms. The molecule has 34 heavy (non-hydrogen) atoms. The summed E-state index contributed by atoms with van der Waals surface area (Å²) in [6, 6.07) is 29.3. The predicted octanol–water partition coefficient (Wildman–Crippen LogP) is 5.59.